The average Bonchev–Trinajstić information content (AvgIpc) is 2.38. The number of rotatable bonds is 3. The third-order valence-corrected chi connectivity index (χ3v) is 2.80. The summed E-state index contributed by atoms with van der Waals surface area (Å²) in [5.74, 6) is -1.40. The topological polar surface area (TPSA) is 110 Å². The van der Waals surface area contributed by atoms with Crippen molar-refractivity contribution in [1.29, 1.82) is 0 Å². The number of nitro benzene ring substituents is 1. The molecule has 20 heavy (non-hydrogen) atoms. The summed E-state index contributed by atoms with van der Waals surface area (Å²) < 4.78 is 0. The van der Waals surface area contributed by atoms with E-state index in [9.17, 15) is 24.5 Å². The number of non-ortho nitro benzene ring substituents is 1. The van der Waals surface area contributed by atoms with E-state index < -0.39 is 16.7 Å². The van der Waals surface area contributed by atoms with E-state index in [1.807, 2.05) is 0 Å². The summed E-state index contributed by atoms with van der Waals surface area (Å²) >= 11 is 0. The van der Waals surface area contributed by atoms with Crippen molar-refractivity contribution in [3.63, 3.8) is 0 Å². The molecule has 0 atom stereocenters. The van der Waals surface area contributed by atoms with Crippen LogP contribution in [0.15, 0.2) is 24.3 Å². The molecule has 1 aliphatic rings. The lowest BCUT2D eigenvalue weighted by atomic mass is 10.1. The molecular formula is C12H11N3O5. The molecule has 0 unspecified atom stereocenters. The first kappa shape index (κ1) is 13.7. The molecule has 104 valence electrons. The minimum Gasteiger partial charge on any atom is -0.324 e. The maximum atomic E-state index is 11.9. The Bertz CT molecular complexity index is 565. The highest BCUT2D eigenvalue weighted by Gasteiger charge is 2.26. The monoisotopic (exact) mass is 277 g/mol. The van der Waals surface area contributed by atoms with Crippen LogP contribution in [0.4, 0.5) is 5.69 Å². The van der Waals surface area contributed by atoms with E-state index in [2.05, 4.69) is 5.32 Å². The smallest absolute Gasteiger partial charge is 0.269 e. The highest BCUT2D eigenvalue weighted by atomic mass is 16.6. The van der Waals surface area contributed by atoms with Gasteiger partial charge in [-0.15, -0.1) is 0 Å². The third-order valence-electron chi connectivity index (χ3n) is 2.80. The Morgan fingerprint density at radius 2 is 1.75 bits per heavy atom. The van der Waals surface area contributed by atoms with Crippen molar-refractivity contribution in [2.24, 2.45) is 0 Å². The van der Waals surface area contributed by atoms with Gasteiger partial charge in [-0.1, -0.05) is 12.1 Å². The summed E-state index contributed by atoms with van der Waals surface area (Å²) in [4.78, 5) is 45.4. The molecule has 0 bridgehead atoms. The van der Waals surface area contributed by atoms with Crippen molar-refractivity contribution in [2.45, 2.75) is 6.42 Å². The largest absolute Gasteiger partial charge is 0.324 e. The number of carbonyl (C=O) groups excluding carboxylic acids is 3. The number of benzene rings is 1. The van der Waals surface area contributed by atoms with Crippen LogP contribution in [0.1, 0.15) is 5.56 Å². The zero-order valence-electron chi connectivity index (χ0n) is 10.4. The number of hydrogen-bond acceptors (Lipinski definition) is 5. The van der Waals surface area contributed by atoms with Crippen LogP contribution in [0, 0.1) is 10.1 Å². The molecule has 0 aliphatic carbocycles. The predicted molar refractivity (Wildman–Crippen MR) is 66.5 cm³/mol. The van der Waals surface area contributed by atoms with Crippen LogP contribution in [-0.2, 0) is 20.8 Å². The molecular weight excluding hydrogens is 266 g/mol. The Balaban J connectivity index is 2.02. The van der Waals surface area contributed by atoms with Gasteiger partial charge in [-0.3, -0.25) is 29.8 Å². The Morgan fingerprint density at radius 1 is 1.20 bits per heavy atom. The molecule has 1 fully saturated rings. The summed E-state index contributed by atoms with van der Waals surface area (Å²) in [6, 6.07) is 5.55. The maximum Gasteiger partial charge on any atom is 0.269 e. The van der Waals surface area contributed by atoms with Crippen LogP contribution in [0.25, 0.3) is 0 Å². The highest BCUT2D eigenvalue weighted by molar-refractivity contribution is 6.02. The second-order valence-electron chi connectivity index (χ2n) is 4.32. The summed E-state index contributed by atoms with van der Waals surface area (Å²) in [5.41, 5.74) is 0.521. The van der Waals surface area contributed by atoms with E-state index in [-0.39, 0.29) is 31.1 Å². The van der Waals surface area contributed by atoms with Crippen LogP contribution in [0.5, 0.6) is 0 Å². The standard InChI is InChI=1S/C12H11N3O5/c16-10-6-14(7-11(17)13-10)12(18)5-8-1-3-9(4-2-8)15(19)20/h1-4H,5-7H2,(H,13,16,17). The molecule has 1 aliphatic heterocycles. The van der Waals surface area contributed by atoms with Crippen LogP contribution in [-0.4, -0.2) is 40.6 Å². The second kappa shape index (κ2) is 5.47. The van der Waals surface area contributed by atoms with E-state index in [4.69, 9.17) is 0 Å². The highest BCUT2D eigenvalue weighted by Crippen LogP contribution is 2.13. The first-order valence-corrected chi connectivity index (χ1v) is 5.79. The van der Waals surface area contributed by atoms with Crippen LogP contribution < -0.4 is 5.32 Å². The quantitative estimate of drug-likeness (QED) is 0.460. The van der Waals surface area contributed by atoms with Crippen molar-refractivity contribution in [1.82, 2.24) is 10.2 Å². The van der Waals surface area contributed by atoms with Crippen molar-refractivity contribution < 1.29 is 19.3 Å². The van der Waals surface area contributed by atoms with Gasteiger partial charge < -0.3 is 4.90 Å². The maximum absolute atomic E-state index is 11.9. The normalized spacial score (nSPS) is 14.9. The lowest BCUT2D eigenvalue weighted by Gasteiger charge is -2.25. The molecule has 8 heteroatoms. The second-order valence-corrected chi connectivity index (χ2v) is 4.32. The Kier molecular flexibility index (Phi) is 3.74. The van der Waals surface area contributed by atoms with Gasteiger partial charge in [0.15, 0.2) is 0 Å². The molecule has 0 saturated carbocycles. The van der Waals surface area contributed by atoms with Crippen LogP contribution in [0.2, 0.25) is 0 Å². The molecule has 0 aromatic heterocycles. The number of carbonyl (C=O) groups is 3. The number of piperazine rings is 1. The van der Waals surface area contributed by atoms with Crippen molar-refractivity contribution in [2.75, 3.05) is 13.1 Å². The fourth-order valence-electron chi connectivity index (χ4n) is 1.84. The molecule has 0 spiro atoms. The van der Waals surface area contributed by atoms with E-state index in [0.717, 1.165) is 4.90 Å². The number of hydrogen-bond donors (Lipinski definition) is 1. The number of amides is 3. The fourth-order valence-corrected chi connectivity index (χ4v) is 1.84. The molecule has 1 saturated heterocycles. The lowest BCUT2D eigenvalue weighted by Crippen LogP contribution is -2.53. The Hall–Kier alpha value is -2.77. The first-order chi connectivity index (χ1) is 9.45. The first-order valence-electron chi connectivity index (χ1n) is 5.79. The van der Waals surface area contributed by atoms with Crippen molar-refractivity contribution >= 4 is 23.4 Å². The summed E-state index contributed by atoms with van der Waals surface area (Å²) in [6.07, 6.45) is -0.0153. The van der Waals surface area contributed by atoms with Gasteiger partial charge in [0.2, 0.25) is 17.7 Å². The van der Waals surface area contributed by atoms with Crippen LogP contribution >= 0.6 is 0 Å². The zero-order valence-corrected chi connectivity index (χ0v) is 10.4. The molecule has 1 aromatic rings. The minimum absolute atomic E-state index is 0.0153. The van der Waals surface area contributed by atoms with E-state index in [1.165, 1.54) is 24.3 Å². The third kappa shape index (κ3) is 3.16. The van der Waals surface area contributed by atoms with E-state index in [1.54, 1.807) is 0 Å². The van der Waals surface area contributed by atoms with Gasteiger partial charge in [0.1, 0.15) is 13.1 Å². The molecule has 1 N–H and O–H groups in total. The Labute approximate surface area is 113 Å². The number of nitrogens with zero attached hydrogens (tertiary/aromatic N) is 2. The summed E-state index contributed by atoms with van der Waals surface area (Å²) in [5, 5.41) is 12.6. The molecule has 1 aromatic carbocycles. The van der Waals surface area contributed by atoms with Crippen LogP contribution in [0.3, 0.4) is 0 Å². The SMILES string of the molecule is O=C1CN(C(=O)Cc2ccc([N+](=O)[O-])cc2)CC(=O)N1. The molecule has 0 radical (unpaired) electrons. The zero-order chi connectivity index (χ0) is 14.7. The van der Waals surface area contributed by atoms with Gasteiger partial charge in [0, 0.05) is 12.1 Å². The predicted octanol–water partition coefficient (Wildman–Crippen LogP) is -0.378. The van der Waals surface area contributed by atoms with E-state index in [0.29, 0.717) is 5.56 Å². The molecule has 8 nitrogen and oxygen atoms in total. The van der Waals surface area contributed by atoms with Gasteiger partial charge in [-0.25, -0.2) is 0 Å². The molecule has 1 heterocycles. The van der Waals surface area contributed by atoms with Gasteiger partial charge in [-0.2, -0.15) is 0 Å². The van der Waals surface area contributed by atoms with Crippen molar-refractivity contribution in [3.05, 3.63) is 39.9 Å². The lowest BCUT2D eigenvalue weighted by molar-refractivity contribution is -0.384. The average molecular weight is 277 g/mol. The van der Waals surface area contributed by atoms with Crippen molar-refractivity contribution in [3.8, 4) is 0 Å². The van der Waals surface area contributed by atoms with Gasteiger partial charge in [0.05, 0.1) is 11.3 Å². The summed E-state index contributed by atoms with van der Waals surface area (Å²) in [7, 11) is 0. The number of imide groups is 1. The molecule has 2 rings (SSSR count). The van der Waals surface area contributed by atoms with Gasteiger partial charge >= 0.3 is 0 Å². The minimum atomic E-state index is -0.529. The number of nitrogens with one attached hydrogen (secondary N) is 1. The van der Waals surface area contributed by atoms with E-state index >= 15 is 0 Å². The Morgan fingerprint density at radius 3 is 2.25 bits per heavy atom. The summed E-state index contributed by atoms with van der Waals surface area (Å²) in [6.45, 7) is -0.310. The fraction of sp³-hybridized carbons (Fsp3) is 0.250. The molecule has 3 amide bonds. The van der Waals surface area contributed by atoms with Gasteiger partial charge in [-0.05, 0) is 5.56 Å². The van der Waals surface area contributed by atoms with Gasteiger partial charge in [0.25, 0.3) is 5.69 Å². The number of nitro groups is 1.